The molecule has 2 heterocycles. The zero-order chi connectivity index (χ0) is 16.8. The molecule has 1 unspecified atom stereocenters. The number of nitrogens with one attached hydrogen (secondary N) is 1. The fourth-order valence-corrected chi connectivity index (χ4v) is 4.35. The Morgan fingerprint density at radius 2 is 2.17 bits per heavy atom. The first-order chi connectivity index (χ1) is 10.8. The number of rotatable bonds is 5. The second-order valence-electron chi connectivity index (χ2n) is 6.25. The van der Waals surface area contributed by atoms with Crippen LogP contribution in [0.3, 0.4) is 0 Å². The van der Waals surface area contributed by atoms with E-state index in [2.05, 4.69) is 21.2 Å². The number of urea groups is 1. The molecule has 1 aromatic rings. The Bertz CT molecular complexity index is 673. The molecule has 3 rings (SSSR count). The fourth-order valence-electron chi connectivity index (χ4n) is 2.81. The standard InChI is InChI=1S/C15H18BrN3O3S/c1-15(9-3-4-9)13(21)19(14(22)17-15)8-12(20)18(2)7-10-5-6-11(16)23-10/h5-6,9H,3-4,7-8H2,1-2H3,(H,17,22). The van der Waals surface area contributed by atoms with E-state index in [1.54, 1.807) is 25.3 Å². The van der Waals surface area contributed by atoms with Crippen molar-refractivity contribution in [1.29, 1.82) is 0 Å². The highest BCUT2D eigenvalue weighted by Gasteiger charge is 2.56. The van der Waals surface area contributed by atoms with Crippen LogP contribution in [0.4, 0.5) is 4.79 Å². The molecule has 2 fully saturated rings. The molecule has 0 bridgehead atoms. The number of imide groups is 1. The molecule has 4 amide bonds. The first kappa shape index (κ1) is 16.4. The number of likely N-dealkylation sites (N-methyl/N-ethyl adjacent to an activating group) is 1. The lowest BCUT2D eigenvalue weighted by Gasteiger charge is -2.22. The SMILES string of the molecule is CN(Cc1ccc(Br)s1)C(=O)CN1C(=O)NC(C)(C2CC2)C1=O. The maximum atomic E-state index is 12.5. The molecule has 0 spiro atoms. The van der Waals surface area contributed by atoms with Gasteiger partial charge >= 0.3 is 6.03 Å². The monoisotopic (exact) mass is 399 g/mol. The molecule has 1 aliphatic heterocycles. The summed E-state index contributed by atoms with van der Waals surface area (Å²) < 4.78 is 1.00. The summed E-state index contributed by atoms with van der Waals surface area (Å²) in [4.78, 5) is 40.5. The summed E-state index contributed by atoms with van der Waals surface area (Å²) in [7, 11) is 1.68. The summed E-state index contributed by atoms with van der Waals surface area (Å²) in [5.74, 6) is -0.344. The third kappa shape index (κ3) is 3.14. The zero-order valence-corrected chi connectivity index (χ0v) is 15.4. The van der Waals surface area contributed by atoms with Crippen LogP contribution < -0.4 is 5.32 Å². The molecular weight excluding hydrogens is 382 g/mol. The van der Waals surface area contributed by atoms with Crippen LogP contribution >= 0.6 is 27.3 Å². The molecule has 1 saturated carbocycles. The van der Waals surface area contributed by atoms with Gasteiger partial charge < -0.3 is 10.2 Å². The van der Waals surface area contributed by atoms with Crippen LogP contribution in [0.1, 0.15) is 24.6 Å². The van der Waals surface area contributed by atoms with Crippen molar-refractivity contribution >= 4 is 45.1 Å². The van der Waals surface area contributed by atoms with Crippen molar-refractivity contribution in [3.05, 3.63) is 20.8 Å². The third-order valence-electron chi connectivity index (χ3n) is 4.44. The van der Waals surface area contributed by atoms with Gasteiger partial charge in [0, 0.05) is 11.9 Å². The van der Waals surface area contributed by atoms with Gasteiger partial charge in [0.1, 0.15) is 12.1 Å². The zero-order valence-electron chi connectivity index (χ0n) is 13.0. The van der Waals surface area contributed by atoms with Gasteiger partial charge in [-0.15, -0.1) is 11.3 Å². The number of carbonyl (C=O) groups excluding carboxylic acids is 3. The van der Waals surface area contributed by atoms with E-state index in [1.165, 1.54) is 4.90 Å². The lowest BCUT2D eigenvalue weighted by molar-refractivity contribution is -0.138. The van der Waals surface area contributed by atoms with E-state index in [1.807, 2.05) is 12.1 Å². The Balaban J connectivity index is 1.63. The highest BCUT2D eigenvalue weighted by atomic mass is 79.9. The van der Waals surface area contributed by atoms with Gasteiger partial charge in [0.2, 0.25) is 5.91 Å². The lowest BCUT2D eigenvalue weighted by atomic mass is 9.96. The molecule has 1 N–H and O–H groups in total. The molecule has 0 radical (unpaired) electrons. The van der Waals surface area contributed by atoms with Crippen molar-refractivity contribution in [2.75, 3.05) is 13.6 Å². The highest BCUT2D eigenvalue weighted by molar-refractivity contribution is 9.11. The first-order valence-electron chi connectivity index (χ1n) is 7.43. The highest BCUT2D eigenvalue weighted by Crippen LogP contribution is 2.42. The second-order valence-corrected chi connectivity index (χ2v) is 8.80. The van der Waals surface area contributed by atoms with Gasteiger partial charge in [-0.3, -0.25) is 14.5 Å². The summed E-state index contributed by atoms with van der Waals surface area (Å²) in [5.41, 5.74) is -0.839. The third-order valence-corrected chi connectivity index (χ3v) is 6.04. The Morgan fingerprint density at radius 1 is 1.48 bits per heavy atom. The van der Waals surface area contributed by atoms with Gasteiger partial charge in [-0.2, -0.15) is 0 Å². The van der Waals surface area contributed by atoms with E-state index in [-0.39, 0.29) is 24.3 Å². The Hall–Kier alpha value is -1.41. The van der Waals surface area contributed by atoms with E-state index in [0.717, 1.165) is 26.4 Å². The van der Waals surface area contributed by atoms with Crippen LogP contribution in [-0.2, 0) is 16.1 Å². The van der Waals surface area contributed by atoms with E-state index < -0.39 is 11.6 Å². The number of hydrogen-bond acceptors (Lipinski definition) is 4. The first-order valence-corrected chi connectivity index (χ1v) is 9.04. The van der Waals surface area contributed by atoms with Gasteiger partial charge in [0.15, 0.2) is 0 Å². The molecular formula is C15H18BrN3O3S. The van der Waals surface area contributed by atoms with Crippen molar-refractivity contribution in [3.8, 4) is 0 Å². The number of amides is 4. The molecule has 1 aromatic heterocycles. The molecule has 2 aliphatic rings. The average molecular weight is 400 g/mol. The summed E-state index contributed by atoms with van der Waals surface area (Å²) in [6.07, 6.45) is 1.88. The minimum atomic E-state index is -0.839. The van der Waals surface area contributed by atoms with Gasteiger partial charge in [0.05, 0.1) is 10.3 Å². The van der Waals surface area contributed by atoms with Crippen LogP contribution in [0, 0.1) is 5.92 Å². The van der Waals surface area contributed by atoms with Crippen molar-refractivity contribution in [1.82, 2.24) is 15.1 Å². The Labute approximate surface area is 146 Å². The molecule has 6 nitrogen and oxygen atoms in total. The summed E-state index contributed by atoms with van der Waals surface area (Å²) in [5, 5.41) is 2.75. The quantitative estimate of drug-likeness (QED) is 0.771. The predicted molar refractivity (Wildman–Crippen MR) is 89.9 cm³/mol. The lowest BCUT2D eigenvalue weighted by Crippen LogP contribution is -2.47. The van der Waals surface area contributed by atoms with Crippen LogP contribution in [-0.4, -0.2) is 46.8 Å². The van der Waals surface area contributed by atoms with Crippen LogP contribution in [0.2, 0.25) is 0 Å². The summed E-state index contributed by atoms with van der Waals surface area (Å²) in [6, 6.07) is 3.40. The molecule has 8 heteroatoms. The molecule has 0 aromatic carbocycles. The minimum Gasteiger partial charge on any atom is -0.339 e. The summed E-state index contributed by atoms with van der Waals surface area (Å²) in [6.45, 7) is 2.00. The van der Waals surface area contributed by atoms with Gasteiger partial charge in [-0.25, -0.2) is 4.79 Å². The normalized spacial score (nSPS) is 24.0. The maximum Gasteiger partial charge on any atom is 0.325 e. The number of halogens is 1. The average Bonchev–Trinajstić information content (AvgIpc) is 3.23. The van der Waals surface area contributed by atoms with Crippen molar-refractivity contribution in [2.45, 2.75) is 31.8 Å². The number of nitrogens with zero attached hydrogens (tertiary/aromatic N) is 2. The van der Waals surface area contributed by atoms with Crippen LogP contribution in [0.5, 0.6) is 0 Å². The van der Waals surface area contributed by atoms with Crippen molar-refractivity contribution in [2.24, 2.45) is 5.92 Å². The molecule has 23 heavy (non-hydrogen) atoms. The number of thiophene rings is 1. The van der Waals surface area contributed by atoms with Gasteiger partial charge in [-0.1, -0.05) is 0 Å². The smallest absolute Gasteiger partial charge is 0.325 e. The fraction of sp³-hybridized carbons (Fsp3) is 0.533. The van der Waals surface area contributed by atoms with E-state index in [0.29, 0.717) is 6.54 Å². The topological polar surface area (TPSA) is 69.7 Å². The van der Waals surface area contributed by atoms with Crippen LogP contribution in [0.25, 0.3) is 0 Å². The molecule has 1 aliphatic carbocycles. The largest absolute Gasteiger partial charge is 0.339 e. The molecule has 1 atom stereocenters. The predicted octanol–water partition coefficient (Wildman–Crippen LogP) is 2.19. The summed E-state index contributed by atoms with van der Waals surface area (Å²) >= 11 is 4.94. The van der Waals surface area contributed by atoms with E-state index in [9.17, 15) is 14.4 Å². The maximum absolute atomic E-state index is 12.5. The van der Waals surface area contributed by atoms with Crippen molar-refractivity contribution in [3.63, 3.8) is 0 Å². The number of carbonyl (C=O) groups is 3. The Morgan fingerprint density at radius 3 is 2.74 bits per heavy atom. The van der Waals surface area contributed by atoms with E-state index in [4.69, 9.17) is 0 Å². The second kappa shape index (κ2) is 5.90. The molecule has 1 saturated heterocycles. The van der Waals surface area contributed by atoms with Crippen LogP contribution in [0.15, 0.2) is 15.9 Å². The minimum absolute atomic E-state index is 0.195. The van der Waals surface area contributed by atoms with Gasteiger partial charge in [-0.05, 0) is 53.7 Å². The van der Waals surface area contributed by atoms with Crippen molar-refractivity contribution < 1.29 is 14.4 Å². The number of hydrogen-bond donors (Lipinski definition) is 1. The molecule has 124 valence electrons. The Kier molecular flexibility index (Phi) is 4.22. The van der Waals surface area contributed by atoms with E-state index >= 15 is 0 Å². The van der Waals surface area contributed by atoms with Gasteiger partial charge in [0.25, 0.3) is 5.91 Å².